The predicted octanol–water partition coefficient (Wildman–Crippen LogP) is 5.63. The molecule has 0 bridgehead atoms. The van der Waals surface area contributed by atoms with E-state index in [4.69, 9.17) is 23.2 Å². The van der Waals surface area contributed by atoms with Crippen LogP contribution < -0.4 is 0 Å². The van der Waals surface area contributed by atoms with E-state index in [-0.39, 0.29) is 23.5 Å². The number of carbonyl (C=O) groups is 2. The quantitative estimate of drug-likeness (QED) is 0.286. The molecule has 3 aromatic heterocycles. The van der Waals surface area contributed by atoms with Crippen LogP contribution in [0, 0.1) is 20.8 Å². The molecule has 35 heavy (non-hydrogen) atoms. The summed E-state index contributed by atoms with van der Waals surface area (Å²) in [6, 6.07) is 7.97. The average Bonchev–Trinajstić information content (AvgIpc) is 3.32. The van der Waals surface area contributed by atoms with Gasteiger partial charge in [0.05, 0.1) is 38.7 Å². The van der Waals surface area contributed by atoms with Gasteiger partial charge in [-0.05, 0) is 78.2 Å². The summed E-state index contributed by atoms with van der Waals surface area (Å²) in [6.07, 6.45) is 1.40. The third-order valence-corrected chi connectivity index (χ3v) is 7.26. The number of carboxylic acids is 1. The zero-order valence-electron chi connectivity index (χ0n) is 19.0. The van der Waals surface area contributed by atoms with Crippen LogP contribution in [0.15, 0.2) is 41.0 Å². The normalized spacial score (nSPS) is 11.1. The topological polar surface area (TPSA) is 103 Å². The molecule has 0 spiro atoms. The Kier molecular flexibility index (Phi) is 7.12. The van der Waals surface area contributed by atoms with E-state index in [1.54, 1.807) is 42.1 Å². The number of ketones is 1. The van der Waals surface area contributed by atoms with Crippen molar-refractivity contribution in [1.82, 2.24) is 24.5 Å². The van der Waals surface area contributed by atoms with Gasteiger partial charge in [0.15, 0.2) is 11.6 Å². The molecular formula is C24H20BrCl2N5O3. The van der Waals surface area contributed by atoms with E-state index in [9.17, 15) is 14.7 Å². The number of pyridine rings is 1. The number of carbonyl (C=O) groups excluding carboxylic acids is 1. The molecule has 11 heteroatoms. The van der Waals surface area contributed by atoms with E-state index in [0.717, 1.165) is 15.9 Å². The van der Waals surface area contributed by atoms with Crippen molar-refractivity contribution in [3.8, 4) is 5.82 Å². The number of hydrogen-bond acceptors (Lipinski definition) is 5. The van der Waals surface area contributed by atoms with E-state index >= 15 is 0 Å². The number of carboxylic acid groups (broad SMARTS) is 1. The van der Waals surface area contributed by atoms with Crippen molar-refractivity contribution in [2.45, 2.75) is 33.7 Å². The molecule has 1 N–H and O–H groups in total. The second-order valence-corrected chi connectivity index (χ2v) is 9.67. The van der Waals surface area contributed by atoms with Crippen LogP contribution in [0.2, 0.25) is 10.0 Å². The van der Waals surface area contributed by atoms with Crippen LogP contribution in [0.3, 0.4) is 0 Å². The summed E-state index contributed by atoms with van der Waals surface area (Å²) in [6.45, 7) is 5.86. The average molecular weight is 577 g/mol. The van der Waals surface area contributed by atoms with Crippen molar-refractivity contribution in [3.63, 3.8) is 0 Å². The Hall–Kier alpha value is -3.01. The lowest BCUT2D eigenvalue weighted by Gasteiger charge is -2.11. The number of aryl methyl sites for hydroxylation is 2. The number of Topliss-reactive ketones (excluding diaryl/α,β-unsaturated/α-hetero) is 1. The lowest BCUT2D eigenvalue weighted by atomic mass is 9.96. The SMILES string of the molecule is Cc1cc(Cl)cc(C(=O)O)c1CC(=O)c1cc(Cn2nc(C)c(Br)c2C)nn1-c1ncccc1Cl. The Morgan fingerprint density at radius 3 is 2.49 bits per heavy atom. The fourth-order valence-electron chi connectivity index (χ4n) is 3.83. The second-order valence-electron chi connectivity index (χ2n) is 8.04. The fraction of sp³-hybridized carbons (Fsp3) is 0.208. The van der Waals surface area contributed by atoms with Crippen LogP contribution in [0.25, 0.3) is 5.82 Å². The van der Waals surface area contributed by atoms with E-state index in [0.29, 0.717) is 39.2 Å². The van der Waals surface area contributed by atoms with Crippen LogP contribution in [-0.4, -0.2) is 41.4 Å². The van der Waals surface area contributed by atoms with E-state index < -0.39 is 5.97 Å². The number of benzene rings is 1. The van der Waals surface area contributed by atoms with Crippen LogP contribution >= 0.6 is 39.1 Å². The summed E-state index contributed by atoms with van der Waals surface area (Å²) < 4.78 is 4.08. The van der Waals surface area contributed by atoms with Gasteiger partial charge >= 0.3 is 5.97 Å². The number of aromatic carboxylic acids is 1. The van der Waals surface area contributed by atoms with Crippen molar-refractivity contribution in [1.29, 1.82) is 0 Å². The third-order valence-electron chi connectivity index (χ3n) is 5.60. The van der Waals surface area contributed by atoms with Gasteiger partial charge in [0.2, 0.25) is 0 Å². The first-order chi connectivity index (χ1) is 16.6. The minimum atomic E-state index is -1.16. The van der Waals surface area contributed by atoms with Gasteiger partial charge in [0.1, 0.15) is 5.69 Å². The van der Waals surface area contributed by atoms with Crippen molar-refractivity contribution in [3.05, 3.63) is 90.5 Å². The Bertz CT molecular complexity index is 1480. The number of halogens is 3. The number of rotatable bonds is 7. The summed E-state index contributed by atoms with van der Waals surface area (Å²) in [7, 11) is 0. The number of hydrogen-bond donors (Lipinski definition) is 1. The molecule has 0 fully saturated rings. The van der Waals surface area contributed by atoms with Gasteiger partial charge in [-0.15, -0.1) is 0 Å². The third kappa shape index (κ3) is 5.03. The fourth-order valence-corrected chi connectivity index (χ4v) is 4.59. The van der Waals surface area contributed by atoms with Gasteiger partial charge < -0.3 is 5.11 Å². The molecule has 0 unspecified atom stereocenters. The van der Waals surface area contributed by atoms with E-state index in [1.807, 2.05) is 13.8 Å². The molecule has 4 rings (SSSR count). The smallest absolute Gasteiger partial charge is 0.336 e. The lowest BCUT2D eigenvalue weighted by Crippen LogP contribution is -2.15. The minimum absolute atomic E-state index is 0.0157. The Morgan fingerprint density at radius 1 is 1.11 bits per heavy atom. The molecule has 4 aromatic rings. The largest absolute Gasteiger partial charge is 0.478 e. The van der Waals surface area contributed by atoms with Gasteiger partial charge in [0.25, 0.3) is 0 Å². The molecule has 0 saturated heterocycles. The Balaban J connectivity index is 1.79. The van der Waals surface area contributed by atoms with Gasteiger partial charge in [-0.3, -0.25) is 9.48 Å². The lowest BCUT2D eigenvalue weighted by molar-refractivity contribution is 0.0695. The Labute approximate surface area is 219 Å². The summed E-state index contributed by atoms with van der Waals surface area (Å²) in [5.41, 5.74) is 3.53. The molecule has 1 aromatic carbocycles. The molecule has 8 nitrogen and oxygen atoms in total. The summed E-state index contributed by atoms with van der Waals surface area (Å²) in [5.74, 6) is -1.20. The molecule has 0 amide bonds. The molecule has 3 heterocycles. The minimum Gasteiger partial charge on any atom is -0.478 e. The van der Waals surface area contributed by atoms with E-state index in [1.165, 1.54) is 10.7 Å². The van der Waals surface area contributed by atoms with Crippen molar-refractivity contribution in [2.75, 3.05) is 0 Å². The van der Waals surface area contributed by atoms with Gasteiger partial charge in [-0.25, -0.2) is 14.5 Å². The summed E-state index contributed by atoms with van der Waals surface area (Å²) in [5, 5.41) is 19.4. The van der Waals surface area contributed by atoms with Crippen molar-refractivity contribution < 1.29 is 14.7 Å². The molecule has 0 saturated carbocycles. The summed E-state index contributed by atoms with van der Waals surface area (Å²) >= 11 is 15.9. The van der Waals surface area contributed by atoms with Gasteiger partial charge in [-0.2, -0.15) is 10.2 Å². The number of nitrogens with zero attached hydrogens (tertiary/aromatic N) is 5. The highest BCUT2D eigenvalue weighted by Gasteiger charge is 2.23. The molecule has 0 radical (unpaired) electrons. The first-order valence-electron chi connectivity index (χ1n) is 10.5. The Morgan fingerprint density at radius 2 is 1.86 bits per heavy atom. The molecule has 0 aliphatic rings. The first kappa shape index (κ1) is 25.1. The van der Waals surface area contributed by atoms with E-state index in [2.05, 4.69) is 31.1 Å². The molecule has 0 aliphatic heterocycles. The highest BCUT2D eigenvalue weighted by molar-refractivity contribution is 9.10. The van der Waals surface area contributed by atoms with Crippen LogP contribution in [-0.2, 0) is 13.0 Å². The van der Waals surface area contributed by atoms with Crippen LogP contribution in [0.4, 0.5) is 0 Å². The van der Waals surface area contributed by atoms with Gasteiger partial charge in [0, 0.05) is 17.6 Å². The first-order valence-corrected chi connectivity index (χ1v) is 12.1. The molecule has 0 aliphatic carbocycles. The molecule has 180 valence electrons. The zero-order valence-corrected chi connectivity index (χ0v) is 22.1. The molecule has 0 atom stereocenters. The second kappa shape index (κ2) is 9.93. The molecular weight excluding hydrogens is 557 g/mol. The summed E-state index contributed by atoms with van der Waals surface area (Å²) in [4.78, 5) is 29.7. The maximum Gasteiger partial charge on any atom is 0.336 e. The highest BCUT2D eigenvalue weighted by Crippen LogP contribution is 2.26. The van der Waals surface area contributed by atoms with Crippen molar-refractivity contribution >= 4 is 50.9 Å². The van der Waals surface area contributed by atoms with Gasteiger partial charge in [-0.1, -0.05) is 23.2 Å². The monoisotopic (exact) mass is 575 g/mol. The van der Waals surface area contributed by atoms with Crippen LogP contribution in [0.5, 0.6) is 0 Å². The van der Waals surface area contributed by atoms with Crippen LogP contribution in [0.1, 0.15) is 49.1 Å². The maximum absolute atomic E-state index is 13.5. The highest BCUT2D eigenvalue weighted by atomic mass is 79.9. The predicted molar refractivity (Wildman–Crippen MR) is 136 cm³/mol. The number of aromatic nitrogens is 5. The standard InChI is InChI=1S/C24H20BrCl2N5O3/c1-12-7-15(26)8-18(24(34)35)17(12)10-21(33)20-9-16(11-31-14(3)22(25)13(2)29-31)30-32(20)23-19(27)5-4-6-28-23/h4-9H,10-11H2,1-3H3,(H,34,35). The zero-order chi connectivity index (χ0) is 25.4. The maximum atomic E-state index is 13.5. The van der Waals surface area contributed by atoms with Crippen molar-refractivity contribution in [2.24, 2.45) is 0 Å².